The molecular weight excluding hydrogens is 661 g/mol. The van der Waals surface area contributed by atoms with E-state index in [1.807, 2.05) is 11.3 Å². The van der Waals surface area contributed by atoms with Crippen molar-refractivity contribution in [3.05, 3.63) is 194 Å². The first-order chi connectivity index (χ1) is 26.3. The predicted molar refractivity (Wildman–Crippen MR) is 228 cm³/mol. The average molecular weight is 693 g/mol. The smallest absolute Gasteiger partial charge is 0.0640 e. The molecule has 0 unspecified atom stereocenters. The van der Waals surface area contributed by atoms with Gasteiger partial charge in [-0.25, -0.2) is 0 Å². The molecule has 0 aliphatic carbocycles. The second kappa shape index (κ2) is 11.9. The molecule has 0 N–H and O–H groups in total. The largest absolute Gasteiger partial charge is 0.315 e. The Labute approximate surface area is 311 Å². The number of pyridine rings is 1. The van der Waals surface area contributed by atoms with Crippen LogP contribution >= 0.6 is 11.3 Å². The van der Waals surface area contributed by atoms with Gasteiger partial charge >= 0.3 is 0 Å². The van der Waals surface area contributed by atoms with Gasteiger partial charge in [0, 0.05) is 49.1 Å². The number of nitrogens with zero attached hydrogens (tertiary/aromatic N) is 2. The van der Waals surface area contributed by atoms with Gasteiger partial charge in [0.05, 0.1) is 27.1 Å². The van der Waals surface area contributed by atoms with Gasteiger partial charge in [0.1, 0.15) is 0 Å². The van der Waals surface area contributed by atoms with Gasteiger partial charge in [-0.2, -0.15) is 0 Å². The Hall–Kier alpha value is -6.68. The van der Waals surface area contributed by atoms with E-state index in [2.05, 4.69) is 204 Å². The number of fused-ring (bicyclic) bond motifs is 9. The van der Waals surface area contributed by atoms with Crippen LogP contribution in [0.15, 0.2) is 194 Å². The highest BCUT2D eigenvalue weighted by molar-refractivity contribution is 7.26. The Bertz CT molecular complexity index is 3160. The normalized spacial score (nSPS) is 11.8. The van der Waals surface area contributed by atoms with E-state index in [0.29, 0.717) is 0 Å². The summed E-state index contributed by atoms with van der Waals surface area (Å²) < 4.78 is 4.95. The van der Waals surface area contributed by atoms with Crippen molar-refractivity contribution in [2.24, 2.45) is 0 Å². The lowest BCUT2D eigenvalue weighted by Gasteiger charge is -2.28. The average Bonchev–Trinajstić information content (AvgIpc) is 3.78. The Morgan fingerprint density at radius 3 is 1.94 bits per heavy atom. The van der Waals surface area contributed by atoms with Crippen LogP contribution in [-0.4, -0.2) is 4.40 Å². The van der Waals surface area contributed by atoms with Gasteiger partial charge in [0.25, 0.3) is 0 Å². The fraction of sp³-hybridized carbons (Fsp3) is 0. The number of rotatable bonds is 5. The summed E-state index contributed by atoms with van der Waals surface area (Å²) in [5.74, 6) is 0. The van der Waals surface area contributed by atoms with Gasteiger partial charge in [-0.1, -0.05) is 146 Å². The molecule has 11 rings (SSSR count). The minimum absolute atomic E-state index is 1.12. The van der Waals surface area contributed by atoms with Crippen molar-refractivity contribution in [2.75, 3.05) is 4.90 Å². The molecule has 8 aromatic carbocycles. The van der Waals surface area contributed by atoms with Gasteiger partial charge in [-0.05, 0) is 69.9 Å². The molecule has 0 aliphatic rings. The third-order valence-corrected chi connectivity index (χ3v) is 12.0. The number of para-hydroxylation sites is 1. The lowest BCUT2D eigenvalue weighted by molar-refractivity contribution is 1.26. The summed E-state index contributed by atoms with van der Waals surface area (Å²) in [4.78, 5) is 2.48. The molecule has 0 fully saturated rings. The molecule has 11 aromatic rings. The minimum Gasteiger partial charge on any atom is -0.315 e. The Morgan fingerprint density at radius 1 is 0.415 bits per heavy atom. The standard InChI is InChI=1S/C50H32N2S/c1-2-14-35(15-3-1)48-43-19-6-8-23-44(43)51-32-31-39-41(49(48)51)21-11-24-45(39)52(46-25-12-22-42-40-18-7-9-26-47(40)53-50(42)46)36-29-27-34(28-30-36)38-20-10-16-33-13-4-5-17-37(33)38/h1-32H. The molecule has 0 saturated carbocycles. The first kappa shape index (κ1) is 30.0. The molecular formula is C50H32N2S. The fourth-order valence-corrected chi connectivity index (χ4v) is 9.65. The third-order valence-electron chi connectivity index (χ3n) is 10.8. The Morgan fingerprint density at radius 2 is 1.08 bits per heavy atom. The number of hydrogen-bond acceptors (Lipinski definition) is 2. The zero-order valence-corrected chi connectivity index (χ0v) is 29.6. The molecule has 3 heterocycles. The van der Waals surface area contributed by atoms with Gasteiger partial charge in [0.2, 0.25) is 0 Å². The number of anilines is 3. The summed E-state index contributed by atoms with van der Waals surface area (Å²) in [5.41, 5.74) is 10.8. The van der Waals surface area contributed by atoms with E-state index < -0.39 is 0 Å². The van der Waals surface area contributed by atoms with Gasteiger partial charge in [-0.15, -0.1) is 11.3 Å². The molecule has 53 heavy (non-hydrogen) atoms. The van der Waals surface area contributed by atoms with Crippen LogP contribution in [0.2, 0.25) is 0 Å². The van der Waals surface area contributed by atoms with Gasteiger partial charge in [-0.3, -0.25) is 0 Å². The second-order valence-corrected chi connectivity index (χ2v) is 14.7. The molecule has 0 saturated heterocycles. The van der Waals surface area contributed by atoms with Gasteiger partial charge < -0.3 is 9.30 Å². The fourth-order valence-electron chi connectivity index (χ4n) is 8.44. The highest BCUT2D eigenvalue weighted by Gasteiger charge is 2.22. The lowest BCUT2D eigenvalue weighted by atomic mass is 9.97. The molecule has 2 nitrogen and oxygen atoms in total. The van der Waals surface area contributed by atoms with Crippen LogP contribution in [0, 0.1) is 0 Å². The maximum atomic E-state index is 2.48. The molecule has 0 atom stereocenters. The maximum absolute atomic E-state index is 2.48. The summed E-state index contributed by atoms with van der Waals surface area (Å²) in [6.07, 6.45) is 2.26. The van der Waals surface area contributed by atoms with E-state index in [1.165, 1.54) is 86.1 Å². The van der Waals surface area contributed by atoms with Crippen molar-refractivity contribution in [2.45, 2.75) is 0 Å². The monoisotopic (exact) mass is 692 g/mol. The van der Waals surface area contributed by atoms with Crippen molar-refractivity contribution in [1.29, 1.82) is 0 Å². The zero-order chi connectivity index (χ0) is 34.9. The molecule has 248 valence electrons. The maximum Gasteiger partial charge on any atom is 0.0640 e. The molecule has 0 aliphatic heterocycles. The van der Waals surface area contributed by atoms with Crippen molar-refractivity contribution in [3.8, 4) is 22.3 Å². The van der Waals surface area contributed by atoms with E-state index in [9.17, 15) is 0 Å². The van der Waals surface area contributed by atoms with Crippen molar-refractivity contribution >= 4 is 86.5 Å². The Balaban J connectivity index is 1.19. The van der Waals surface area contributed by atoms with Crippen molar-refractivity contribution < 1.29 is 0 Å². The number of benzene rings is 8. The van der Waals surface area contributed by atoms with E-state index in [1.54, 1.807) is 0 Å². The van der Waals surface area contributed by atoms with Crippen LogP contribution < -0.4 is 4.90 Å². The lowest BCUT2D eigenvalue weighted by Crippen LogP contribution is -2.10. The first-order valence-electron chi connectivity index (χ1n) is 18.1. The van der Waals surface area contributed by atoms with Gasteiger partial charge in [0.15, 0.2) is 0 Å². The highest BCUT2D eigenvalue weighted by Crippen LogP contribution is 2.48. The van der Waals surface area contributed by atoms with Crippen molar-refractivity contribution in [1.82, 2.24) is 4.40 Å². The summed E-state index contributed by atoms with van der Waals surface area (Å²) in [7, 11) is 0. The Kier molecular flexibility index (Phi) is 6.76. The predicted octanol–water partition coefficient (Wildman–Crippen LogP) is 14.6. The van der Waals surface area contributed by atoms with Crippen LogP contribution in [0.25, 0.3) is 80.4 Å². The van der Waals surface area contributed by atoms with Crippen LogP contribution in [0.5, 0.6) is 0 Å². The SMILES string of the molecule is c1ccc(-c2c3ccccc3n3ccc4c(N(c5ccc(-c6cccc7ccccc67)cc5)c5cccc6c5sc5ccccc56)cccc4c23)cc1. The summed E-state index contributed by atoms with van der Waals surface area (Å²) in [5, 5.41) is 8.79. The topological polar surface area (TPSA) is 7.65 Å². The van der Waals surface area contributed by atoms with Crippen LogP contribution in [0.1, 0.15) is 0 Å². The van der Waals surface area contributed by atoms with E-state index in [4.69, 9.17) is 0 Å². The molecule has 0 radical (unpaired) electrons. The third kappa shape index (κ3) is 4.64. The minimum atomic E-state index is 1.12. The van der Waals surface area contributed by atoms with Crippen LogP contribution in [0.4, 0.5) is 17.1 Å². The summed E-state index contributed by atoms with van der Waals surface area (Å²) in [6.45, 7) is 0. The molecule has 3 aromatic heterocycles. The first-order valence-corrected chi connectivity index (χ1v) is 18.9. The van der Waals surface area contributed by atoms with E-state index >= 15 is 0 Å². The van der Waals surface area contributed by atoms with E-state index in [0.717, 1.165) is 11.4 Å². The van der Waals surface area contributed by atoms with E-state index in [-0.39, 0.29) is 0 Å². The van der Waals surface area contributed by atoms with Crippen LogP contribution in [0.3, 0.4) is 0 Å². The molecule has 0 amide bonds. The summed E-state index contributed by atoms with van der Waals surface area (Å²) >= 11 is 1.87. The summed E-state index contributed by atoms with van der Waals surface area (Å²) in [6, 6.07) is 68.7. The molecule has 0 spiro atoms. The van der Waals surface area contributed by atoms with Crippen molar-refractivity contribution in [3.63, 3.8) is 0 Å². The molecule has 0 bridgehead atoms. The number of aromatic nitrogens is 1. The van der Waals surface area contributed by atoms with Crippen LogP contribution in [-0.2, 0) is 0 Å². The number of thiophene rings is 1. The molecule has 3 heteroatoms. The second-order valence-electron chi connectivity index (χ2n) is 13.7. The number of hydrogen-bond donors (Lipinski definition) is 0. The quantitative estimate of drug-likeness (QED) is 0.174. The highest BCUT2D eigenvalue weighted by atomic mass is 32.1. The zero-order valence-electron chi connectivity index (χ0n) is 28.8.